The van der Waals surface area contributed by atoms with Crippen LogP contribution in [0.4, 0.5) is 0 Å². The second-order valence-corrected chi connectivity index (χ2v) is 12.3. The third kappa shape index (κ3) is 4.48. The van der Waals surface area contributed by atoms with E-state index in [0.29, 0.717) is 17.5 Å². The molecule has 5 nitrogen and oxygen atoms in total. The van der Waals surface area contributed by atoms with Gasteiger partial charge in [-0.2, -0.15) is 0 Å². The molecule has 10 aromatic rings. The number of aromatic nitrogens is 4. The minimum absolute atomic E-state index is 0.610. The van der Waals surface area contributed by atoms with Gasteiger partial charge in [0, 0.05) is 45.2 Å². The molecule has 0 aliphatic heterocycles. The topological polar surface area (TPSA) is 64.7 Å². The molecule has 0 radical (unpaired) electrons. The van der Waals surface area contributed by atoms with E-state index in [2.05, 4.69) is 96.0 Å². The summed E-state index contributed by atoms with van der Waals surface area (Å²) in [7, 11) is 0. The third-order valence-electron chi connectivity index (χ3n) is 9.40. The molecule has 0 amide bonds. The first-order valence-electron chi connectivity index (χ1n) is 16.3. The van der Waals surface area contributed by atoms with Crippen molar-refractivity contribution in [3.8, 4) is 45.3 Å². The number of benzene rings is 7. The molecular weight excluding hydrogens is 601 g/mol. The van der Waals surface area contributed by atoms with Crippen LogP contribution in [0.2, 0.25) is 0 Å². The standard InChI is InChI=1S/C44H26N4O/c1-2-10-28(11-3-1)42-46-43(30-13-8-12-29(24-30)31-17-9-19-40-41(31)35-16-6-7-18-39(35)49-40)48-44(47-42)37-25-36-34(32-14-4-5-15-33(32)37)21-20-27-22-23-45-26-38(27)36/h1-26H. The van der Waals surface area contributed by atoms with Gasteiger partial charge in [0.05, 0.1) is 0 Å². The number of nitrogens with zero attached hydrogens (tertiary/aromatic N) is 4. The van der Waals surface area contributed by atoms with Crippen LogP contribution >= 0.6 is 0 Å². The zero-order chi connectivity index (χ0) is 32.3. The Kier molecular flexibility index (Phi) is 6.11. The van der Waals surface area contributed by atoms with Crippen LogP contribution < -0.4 is 0 Å². The highest BCUT2D eigenvalue weighted by atomic mass is 16.3. The van der Waals surface area contributed by atoms with Gasteiger partial charge in [0.15, 0.2) is 17.5 Å². The maximum absolute atomic E-state index is 6.21. The normalized spacial score (nSPS) is 11.7. The predicted octanol–water partition coefficient (Wildman–Crippen LogP) is 11.3. The van der Waals surface area contributed by atoms with Gasteiger partial charge in [-0.1, -0.05) is 115 Å². The maximum Gasteiger partial charge on any atom is 0.164 e. The van der Waals surface area contributed by atoms with Gasteiger partial charge in [0.1, 0.15) is 11.2 Å². The maximum atomic E-state index is 6.21. The van der Waals surface area contributed by atoms with Crippen LogP contribution in [-0.4, -0.2) is 19.9 Å². The van der Waals surface area contributed by atoms with Crippen LogP contribution in [-0.2, 0) is 0 Å². The molecule has 3 aromatic heterocycles. The van der Waals surface area contributed by atoms with E-state index in [0.717, 1.165) is 76.7 Å². The molecule has 0 spiro atoms. The summed E-state index contributed by atoms with van der Waals surface area (Å²) in [5, 5.41) is 8.95. The first-order chi connectivity index (χ1) is 24.3. The lowest BCUT2D eigenvalue weighted by Gasteiger charge is -2.14. The molecule has 3 heterocycles. The fourth-order valence-electron chi connectivity index (χ4n) is 7.12. The second kappa shape index (κ2) is 10.9. The fourth-order valence-corrected chi connectivity index (χ4v) is 7.12. The molecule has 228 valence electrons. The largest absolute Gasteiger partial charge is 0.456 e. The summed E-state index contributed by atoms with van der Waals surface area (Å²) < 4.78 is 6.21. The summed E-state index contributed by atoms with van der Waals surface area (Å²) in [5.74, 6) is 1.85. The lowest BCUT2D eigenvalue weighted by Crippen LogP contribution is -2.01. The molecule has 5 heteroatoms. The number of furan rings is 1. The number of hydrogen-bond donors (Lipinski definition) is 0. The summed E-state index contributed by atoms with van der Waals surface area (Å²) in [6.07, 6.45) is 3.78. The Morgan fingerprint density at radius 2 is 1.06 bits per heavy atom. The predicted molar refractivity (Wildman–Crippen MR) is 199 cm³/mol. The molecule has 49 heavy (non-hydrogen) atoms. The molecule has 7 aromatic carbocycles. The van der Waals surface area contributed by atoms with E-state index in [-0.39, 0.29) is 0 Å². The minimum atomic E-state index is 0.610. The Morgan fingerprint density at radius 1 is 0.388 bits per heavy atom. The number of para-hydroxylation sites is 1. The highest BCUT2D eigenvalue weighted by molar-refractivity contribution is 6.20. The van der Waals surface area contributed by atoms with Crippen LogP contribution in [0.25, 0.3) is 99.5 Å². The van der Waals surface area contributed by atoms with Crippen molar-refractivity contribution in [1.82, 2.24) is 19.9 Å². The van der Waals surface area contributed by atoms with Crippen LogP contribution in [0, 0.1) is 0 Å². The van der Waals surface area contributed by atoms with E-state index in [4.69, 9.17) is 19.4 Å². The van der Waals surface area contributed by atoms with E-state index in [1.807, 2.05) is 67.0 Å². The molecule has 10 rings (SSSR count). The highest BCUT2D eigenvalue weighted by Gasteiger charge is 2.18. The van der Waals surface area contributed by atoms with Crippen molar-refractivity contribution >= 4 is 54.3 Å². The lowest BCUT2D eigenvalue weighted by molar-refractivity contribution is 0.669. The molecule has 0 fully saturated rings. The van der Waals surface area contributed by atoms with Crippen molar-refractivity contribution in [2.75, 3.05) is 0 Å². The van der Waals surface area contributed by atoms with Crippen LogP contribution in [0.15, 0.2) is 162 Å². The molecule has 0 aliphatic carbocycles. The number of pyridine rings is 1. The third-order valence-corrected chi connectivity index (χ3v) is 9.40. The zero-order valence-corrected chi connectivity index (χ0v) is 26.2. The summed E-state index contributed by atoms with van der Waals surface area (Å²) in [4.78, 5) is 19.9. The SMILES string of the molecule is c1ccc(-c2nc(-c3cccc(-c4cccc5oc6ccccc6c45)c3)nc(-c3cc4c5cnccc5ccc4c4ccccc34)n2)cc1. The van der Waals surface area contributed by atoms with E-state index in [1.165, 1.54) is 5.39 Å². The Hall–Kier alpha value is -6.72. The molecule has 0 atom stereocenters. The molecule has 0 aliphatic rings. The van der Waals surface area contributed by atoms with Gasteiger partial charge in [-0.3, -0.25) is 4.98 Å². The van der Waals surface area contributed by atoms with E-state index in [1.54, 1.807) is 0 Å². The highest BCUT2D eigenvalue weighted by Crippen LogP contribution is 2.39. The Bertz CT molecular complexity index is 2890. The van der Waals surface area contributed by atoms with Crippen molar-refractivity contribution in [1.29, 1.82) is 0 Å². The molecule has 0 bridgehead atoms. The first-order valence-corrected chi connectivity index (χ1v) is 16.3. The van der Waals surface area contributed by atoms with Gasteiger partial charge in [-0.05, 0) is 68.4 Å². The van der Waals surface area contributed by atoms with E-state index < -0.39 is 0 Å². The molecule has 0 saturated heterocycles. The smallest absolute Gasteiger partial charge is 0.164 e. The van der Waals surface area contributed by atoms with Crippen molar-refractivity contribution in [2.45, 2.75) is 0 Å². The summed E-state index contributed by atoms with van der Waals surface area (Å²) in [6.45, 7) is 0. The zero-order valence-electron chi connectivity index (χ0n) is 26.2. The van der Waals surface area contributed by atoms with Gasteiger partial charge in [-0.15, -0.1) is 0 Å². The average Bonchev–Trinajstić information content (AvgIpc) is 3.57. The van der Waals surface area contributed by atoms with Gasteiger partial charge in [0.2, 0.25) is 0 Å². The number of fused-ring (bicyclic) bond motifs is 8. The van der Waals surface area contributed by atoms with Crippen molar-refractivity contribution in [3.05, 3.63) is 158 Å². The molecule has 0 N–H and O–H groups in total. The van der Waals surface area contributed by atoms with E-state index >= 15 is 0 Å². The summed E-state index contributed by atoms with van der Waals surface area (Å²) >= 11 is 0. The monoisotopic (exact) mass is 626 g/mol. The Labute approximate surface area is 281 Å². The average molecular weight is 627 g/mol. The number of hydrogen-bond acceptors (Lipinski definition) is 5. The second-order valence-electron chi connectivity index (χ2n) is 12.3. The van der Waals surface area contributed by atoms with Gasteiger partial charge in [0.25, 0.3) is 0 Å². The van der Waals surface area contributed by atoms with E-state index in [9.17, 15) is 0 Å². The fraction of sp³-hybridized carbons (Fsp3) is 0. The van der Waals surface area contributed by atoms with Crippen molar-refractivity contribution in [3.63, 3.8) is 0 Å². The van der Waals surface area contributed by atoms with Crippen molar-refractivity contribution in [2.24, 2.45) is 0 Å². The van der Waals surface area contributed by atoms with Gasteiger partial charge < -0.3 is 4.42 Å². The quantitative estimate of drug-likeness (QED) is 0.182. The molecule has 0 unspecified atom stereocenters. The Balaban J connectivity index is 1.22. The van der Waals surface area contributed by atoms with Crippen LogP contribution in [0.3, 0.4) is 0 Å². The summed E-state index contributed by atoms with van der Waals surface area (Å²) in [5.41, 5.74) is 6.69. The number of rotatable bonds is 4. The van der Waals surface area contributed by atoms with Gasteiger partial charge in [-0.25, -0.2) is 15.0 Å². The van der Waals surface area contributed by atoms with Crippen LogP contribution in [0.1, 0.15) is 0 Å². The lowest BCUT2D eigenvalue weighted by atomic mass is 9.94. The van der Waals surface area contributed by atoms with Crippen molar-refractivity contribution < 1.29 is 4.42 Å². The first kappa shape index (κ1) is 27.4. The molecule has 0 saturated carbocycles. The minimum Gasteiger partial charge on any atom is -0.456 e. The van der Waals surface area contributed by atoms with Crippen LogP contribution in [0.5, 0.6) is 0 Å². The summed E-state index contributed by atoms with van der Waals surface area (Å²) in [6, 6.07) is 50.1. The molecular formula is C44H26N4O. The Morgan fingerprint density at radius 3 is 1.96 bits per heavy atom. The van der Waals surface area contributed by atoms with Gasteiger partial charge >= 0.3 is 0 Å².